The number of carbonyl (C=O) groups is 1. The van der Waals surface area contributed by atoms with Crippen LogP contribution in [0.25, 0.3) is 0 Å². The van der Waals surface area contributed by atoms with Gasteiger partial charge in [-0.05, 0) is 51.6 Å². The van der Waals surface area contributed by atoms with Gasteiger partial charge in [-0.2, -0.15) is 0 Å². The van der Waals surface area contributed by atoms with Gasteiger partial charge in [0.05, 0.1) is 0 Å². The molecule has 1 amide bonds. The van der Waals surface area contributed by atoms with E-state index in [0.29, 0.717) is 11.7 Å². The van der Waals surface area contributed by atoms with Crippen molar-refractivity contribution >= 4 is 24.0 Å². The molecule has 5 heteroatoms. The van der Waals surface area contributed by atoms with Crippen LogP contribution in [0, 0.1) is 6.92 Å². The maximum absolute atomic E-state index is 12.7. The van der Waals surface area contributed by atoms with Gasteiger partial charge < -0.3 is 15.5 Å². The van der Waals surface area contributed by atoms with Crippen molar-refractivity contribution in [1.29, 1.82) is 0 Å². The zero-order valence-corrected chi connectivity index (χ0v) is 13.2. The molecule has 1 unspecified atom stereocenters. The first-order valence-corrected chi connectivity index (χ1v) is 6.81. The van der Waals surface area contributed by atoms with Crippen LogP contribution in [-0.4, -0.2) is 48.9 Å². The van der Waals surface area contributed by atoms with Crippen molar-refractivity contribution in [2.75, 3.05) is 32.9 Å². The van der Waals surface area contributed by atoms with E-state index >= 15 is 0 Å². The Labute approximate surface area is 127 Å². The lowest BCUT2D eigenvalue weighted by Gasteiger charge is -2.27. The van der Waals surface area contributed by atoms with Crippen LogP contribution in [0.3, 0.4) is 0 Å². The van der Waals surface area contributed by atoms with E-state index in [0.717, 1.165) is 37.1 Å². The second-order valence-electron chi connectivity index (χ2n) is 5.63. The fraction of sp³-hybridized carbons (Fsp3) is 0.533. The van der Waals surface area contributed by atoms with Gasteiger partial charge in [0.2, 0.25) is 0 Å². The van der Waals surface area contributed by atoms with Crippen molar-refractivity contribution in [2.45, 2.75) is 25.8 Å². The molecule has 1 aromatic carbocycles. The summed E-state index contributed by atoms with van der Waals surface area (Å²) in [7, 11) is 4.10. The Morgan fingerprint density at radius 2 is 2.15 bits per heavy atom. The highest BCUT2D eigenvalue weighted by Crippen LogP contribution is 2.23. The number of likely N-dealkylation sites (tertiary alicyclic amines) is 1. The van der Waals surface area contributed by atoms with Gasteiger partial charge in [0, 0.05) is 30.4 Å². The minimum absolute atomic E-state index is 0. The van der Waals surface area contributed by atoms with Gasteiger partial charge in [0.1, 0.15) is 0 Å². The highest BCUT2D eigenvalue weighted by atomic mass is 35.5. The molecule has 1 saturated heterocycles. The van der Waals surface area contributed by atoms with Gasteiger partial charge in [0.25, 0.3) is 5.91 Å². The van der Waals surface area contributed by atoms with Crippen LogP contribution in [0.2, 0.25) is 0 Å². The number of halogens is 1. The van der Waals surface area contributed by atoms with Crippen molar-refractivity contribution in [2.24, 2.45) is 0 Å². The van der Waals surface area contributed by atoms with Gasteiger partial charge in [0.15, 0.2) is 0 Å². The Balaban J connectivity index is 0.00000200. The maximum atomic E-state index is 12.7. The number of hydrogen-bond donors (Lipinski definition) is 1. The van der Waals surface area contributed by atoms with Crippen molar-refractivity contribution in [3.05, 3.63) is 29.3 Å². The maximum Gasteiger partial charge on any atom is 0.254 e. The smallest absolute Gasteiger partial charge is 0.254 e. The molecule has 0 aliphatic carbocycles. The number of hydrogen-bond acceptors (Lipinski definition) is 3. The van der Waals surface area contributed by atoms with E-state index in [1.54, 1.807) is 6.07 Å². The third-order valence-electron chi connectivity index (χ3n) is 3.71. The number of anilines is 1. The second-order valence-corrected chi connectivity index (χ2v) is 5.63. The average Bonchev–Trinajstić information content (AvgIpc) is 2.78. The molecule has 0 bridgehead atoms. The number of rotatable bonds is 3. The molecule has 0 aromatic heterocycles. The lowest BCUT2D eigenvalue weighted by molar-refractivity contribution is 0.0716. The van der Waals surface area contributed by atoms with Crippen molar-refractivity contribution in [3.63, 3.8) is 0 Å². The van der Waals surface area contributed by atoms with E-state index in [-0.39, 0.29) is 18.3 Å². The highest BCUT2D eigenvalue weighted by Gasteiger charge is 2.30. The molecule has 1 atom stereocenters. The Morgan fingerprint density at radius 1 is 1.45 bits per heavy atom. The summed E-state index contributed by atoms with van der Waals surface area (Å²) in [6.45, 7) is 3.74. The molecule has 2 N–H and O–H groups in total. The molecule has 1 aliphatic rings. The minimum atomic E-state index is 0. The van der Waals surface area contributed by atoms with E-state index < -0.39 is 0 Å². The number of nitrogens with zero attached hydrogens (tertiary/aromatic N) is 2. The van der Waals surface area contributed by atoms with Crippen LogP contribution >= 0.6 is 12.4 Å². The zero-order valence-electron chi connectivity index (χ0n) is 12.4. The molecule has 1 aliphatic heterocycles. The molecule has 0 spiro atoms. The molecule has 4 nitrogen and oxygen atoms in total. The van der Waals surface area contributed by atoms with E-state index in [2.05, 4.69) is 4.90 Å². The standard InChI is InChI=1S/C15H23N3O.ClH/c1-11-6-7-12(16)9-14(11)15(19)18-8-4-5-13(18)10-17(2)3;/h6-7,9,13H,4-5,8,10,16H2,1-3H3;1H. The number of aryl methyl sites for hydroxylation is 1. The number of nitrogens with two attached hydrogens (primary N) is 1. The number of likely N-dealkylation sites (N-methyl/N-ethyl adjacent to an activating group) is 1. The van der Waals surface area contributed by atoms with Crippen LogP contribution in [0.15, 0.2) is 18.2 Å². The fourth-order valence-electron chi connectivity index (χ4n) is 2.74. The highest BCUT2D eigenvalue weighted by molar-refractivity contribution is 5.96. The number of nitrogen functional groups attached to an aromatic ring is 1. The Hall–Kier alpha value is -1.26. The summed E-state index contributed by atoms with van der Waals surface area (Å²) in [5.41, 5.74) is 8.19. The largest absolute Gasteiger partial charge is 0.399 e. The summed E-state index contributed by atoms with van der Waals surface area (Å²) in [6.07, 6.45) is 2.18. The molecule has 0 radical (unpaired) electrons. The topological polar surface area (TPSA) is 49.6 Å². The van der Waals surface area contributed by atoms with Gasteiger partial charge in [-0.1, -0.05) is 6.07 Å². The predicted molar refractivity (Wildman–Crippen MR) is 85.5 cm³/mol. The molecular weight excluding hydrogens is 274 g/mol. The molecule has 1 heterocycles. The van der Waals surface area contributed by atoms with Gasteiger partial charge in [-0.25, -0.2) is 0 Å². The van der Waals surface area contributed by atoms with Gasteiger partial charge >= 0.3 is 0 Å². The number of amides is 1. The minimum Gasteiger partial charge on any atom is -0.399 e. The third kappa shape index (κ3) is 3.64. The molecule has 1 aromatic rings. The molecular formula is C15H24ClN3O. The first-order valence-electron chi connectivity index (χ1n) is 6.81. The summed E-state index contributed by atoms with van der Waals surface area (Å²) < 4.78 is 0. The lowest BCUT2D eigenvalue weighted by atomic mass is 10.1. The van der Waals surface area contributed by atoms with Gasteiger partial charge in [-0.15, -0.1) is 12.4 Å². The Kier molecular flexibility index (Phi) is 5.84. The zero-order chi connectivity index (χ0) is 14.0. The average molecular weight is 298 g/mol. The molecule has 0 saturated carbocycles. The molecule has 20 heavy (non-hydrogen) atoms. The lowest BCUT2D eigenvalue weighted by Crippen LogP contribution is -2.41. The molecule has 112 valence electrons. The van der Waals surface area contributed by atoms with Crippen LogP contribution in [-0.2, 0) is 0 Å². The summed E-state index contributed by atoms with van der Waals surface area (Å²) in [4.78, 5) is 16.8. The van der Waals surface area contributed by atoms with Crippen LogP contribution in [0.4, 0.5) is 5.69 Å². The summed E-state index contributed by atoms with van der Waals surface area (Å²) in [5.74, 6) is 0.120. The van der Waals surface area contributed by atoms with Gasteiger partial charge in [-0.3, -0.25) is 4.79 Å². The SMILES string of the molecule is Cc1ccc(N)cc1C(=O)N1CCCC1CN(C)C.Cl. The third-order valence-corrected chi connectivity index (χ3v) is 3.71. The summed E-state index contributed by atoms with van der Waals surface area (Å²) in [6, 6.07) is 5.87. The van der Waals surface area contributed by atoms with E-state index in [1.165, 1.54) is 0 Å². The fourth-order valence-corrected chi connectivity index (χ4v) is 2.74. The first-order chi connectivity index (χ1) is 8.99. The Morgan fingerprint density at radius 3 is 2.80 bits per heavy atom. The Bertz CT molecular complexity index is 476. The number of benzene rings is 1. The van der Waals surface area contributed by atoms with Crippen LogP contribution < -0.4 is 5.73 Å². The molecule has 1 fully saturated rings. The normalized spacial score (nSPS) is 18.2. The van der Waals surface area contributed by atoms with Crippen molar-refractivity contribution in [3.8, 4) is 0 Å². The first kappa shape index (κ1) is 16.8. The van der Waals surface area contributed by atoms with E-state index in [1.807, 2.05) is 38.1 Å². The number of carbonyl (C=O) groups excluding carboxylic acids is 1. The summed E-state index contributed by atoms with van der Waals surface area (Å²) >= 11 is 0. The van der Waals surface area contributed by atoms with E-state index in [4.69, 9.17) is 5.73 Å². The van der Waals surface area contributed by atoms with Crippen LogP contribution in [0.1, 0.15) is 28.8 Å². The second kappa shape index (κ2) is 6.95. The van der Waals surface area contributed by atoms with Crippen LogP contribution in [0.5, 0.6) is 0 Å². The quantitative estimate of drug-likeness (QED) is 0.870. The summed E-state index contributed by atoms with van der Waals surface area (Å²) in [5, 5.41) is 0. The van der Waals surface area contributed by atoms with E-state index in [9.17, 15) is 4.79 Å². The van der Waals surface area contributed by atoms with Crippen molar-refractivity contribution < 1.29 is 4.79 Å². The predicted octanol–water partition coefficient (Wildman–Crippen LogP) is 2.17. The van der Waals surface area contributed by atoms with Crippen molar-refractivity contribution in [1.82, 2.24) is 9.80 Å². The monoisotopic (exact) mass is 297 g/mol. The molecule has 2 rings (SSSR count).